The van der Waals surface area contributed by atoms with Gasteiger partial charge in [-0.25, -0.2) is 0 Å². The van der Waals surface area contributed by atoms with Crippen LogP contribution in [0.1, 0.15) is 13.7 Å². The molecule has 0 saturated carbocycles. The van der Waals surface area contributed by atoms with E-state index in [1.54, 1.807) is 18.2 Å². The summed E-state index contributed by atoms with van der Waals surface area (Å²) >= 11 is 0. The topological polar surface area (TPSA) is 13.1 Å². The fourth-order valence-electron chi connectivity index (χ4n) is 6.51. The average Bonchev–Trinajstić information content (AvgIpc) is 3.58. The van der Waals surface area contributed by atoms with Crippen LogP contribution in [0.3, 0.4) is 0 Å². The lowest BCUT2D eigenvalue weighted by Gasteiger charge is -2.18. The first-order chi connectivity index (χ1) is 26.5. The van der Waals surface area contributed by atoms with E-state index in [0.29, 0.717) is 22.3 Å². The number of rotatable bonds is 4. The molecule has 0 radical (unpaired) electrons. The second-order valence-electron chi connectivity index (χ2n) is 10.9. The molecule has 0 atom stereocenters. The molecule has 1 heterocycles. The fraction of sp³-hybridized carbons (Fsp3) is 0. The van der Waals surface area contributed by atoms with Gasteiger partial charge in [0.1, 0.15) is 11.2 Å². The number of furan rings is 1. The zero-order valence-electron chi connectivity index (χ0n) is 33.8. The van der Waals surface area contributed by atoms with Crippen molar-refractivity contribution in [1.82, 2.24) is 0 Å². The lowest BCUT2D eigenvalue weighted by Crippen LogP contribution is -1.91. The van der Waals surface area contributed by atoms with Crippen LogP contribution < -0.4 is 0 Å². The molecule has 0 aliphatic heterocycles. The quantitative estimate of drug-likeness (QED) is 0.188. The van der Waals surface area contributed by atoms with E-state index >= 15 is 0 Å². The second kappa shape index (κ2) is 10.4. The number of hydrogen-bond acceptors (Lipinski definition) is 1. The standard InChI is InChI=1S/C44H28O/c1-3-13-29(14-4-1)31-17-11-18-32(27-31)42-36-19-7-9-21-38(36)43(39-22-10-8-20-37(39)42)33-25-26-35-40-24-12-23-34(30-15-5-2-6-16-30)44(40)45-41(35)28-33/h1-28H/i1D,2D,3D,4D,5D,6D,13D,14D,15D,16D. The second-order valence-corrected chi connectivity index (χ2v) is 10.9. The summed E-state index contributed by atoms with van der Waals surface area (Å²) in [6, 6.07) is 31.5. The van der Waals surface area contributed by atoms with E-state index in [9.17, 15) is 0 Å². The van der Waals surface area contributed by atoms with Gasteiger partial charge in [0.15, 0.2) is 0 Å². The van der Waals surface area contributed by atoms with Gasteiger partial charge in [-0.3, -0.25) is 0 Å². The van der Waals surface area contributed by atoms with Crippen LogP contribution in [0.25, 0.3) is 88.0 Å². The molecule has 1 heteroatoms. The van der Waals surface area contributed by atoms with Crippen LogP contribution in [-0.4, -0.2) is 0 Å². The Balaban J connectivity index is 1.27. The molecule has 0 N–H and O–H groups in total. The van der Waals surface area contributed by atoms with Crippen molar-refractivity contribution in [2.75, 3.05) is 0 Å². The van der Waals surface area contributed by atoms with Crippen molar-refractivity contribution in [2.45, 2.75) is 0 Å². The Hall–Kier alpha value is -5.92. The minimum atomic E-state index is -0.451. The highest BCUT2D eigenvalue weighted by atomic mass is 16.3. The Kier molecular flexibility index (Phi) is 4.01. The van der Waals surface area contributed by atoms with Crippen molar-refractivity contribution >= 4 is 43.5 Å². The van der Waals surface area contributed by atoms with Gasteiger partial charge in [-0.05, 0) is 78.7 Å². The van der Waals surface area contributed by atoms with Crippen molar-refractivity contribution < 1.29 is 18.1 Å². The van der Waals surface area contributed by atoms with Crippen LogP contribution in [0.15, 0.2) is 174 Å². The van der Waals surface area contributed by atoms with E-state index in [1.165, 1.54) is 0 Å². The molecule has 0 amide bonds. The fourth-order valence-corrected chi connectivity index (χ4v) is 6.51. The van der Waals surface area contributed by atoms with Gasteiger partial charge in [0.25, 0.3) is 0 Å². The zero-order valence-corrected chi connectivity index (χ0v) is 23.8. The molecular weight excluding hydrogens is 544 g/mol. The molecule has 45 heavy (non-hydrogen) atoms. The lowest BCUT2D eigenvalue weighted by molar-refractivity contribution is 0.670. The predicted molar refractivity (Wildman–Crippen MR) is 190 cm³/mol. The van der Waals surface area contributed by atoms with Crippen molar-refractivity contribution in [1.29, 1.82) is 0 Å². The number of para-hydroxylation sites is 1. The maximum atomic E-state index is 8.61. The van der Waals surface area contributed by atoms with Crippen LogP contribution in [-0.2, 0) is 0 Å². The minimum Gasteiger partial charge on any atom is -0.455 e. The summed E-state index contributed by atoms with van der Waals surface area (Å²) in [5.41, 5.74) is 5.81. The summed E-state index contributed by atoms with van der Waals surface area (Å²) in [7, 11) is 0. The van der Waals surface area contributed by atoms with Crippen LogP contribution in [0.4, 0.5) is 0 Å². The van der Waals surface area contributed by atoms with Gasteiger partial charge < -0.3 is 4.42 Å². The summed E-state index contributed by atoms with van der Waals surface area (Å²) in [6.45, 7) is 0. The van der Waals surface area contributed by atoms with E-state index in [4.69, 9.17) is 18.1 Å². The van der Waals surface area contributed by atoms with Gasteiger partial charge in [0, 0.05) is 16.3 Å². The predicted octanol–water partition coefficient (Wildman–Crippen LogP) is 12.6. The van der Waals surface area contributed by atoms with Gasteiger partial charge in [-0.15, -0.1) is 0 Å². The van der Waals surface area contributed by atoms with E-state index in [-0.39, 0.29) is 47.4 Å². The molecule has 210 valence electrons. The zero-order chi connectivity index (χ0) is 38.4. The molecule has 0 unspecified atom stereocenters. The highest BCUT2D eigenvalue weighted by molar-refractivity contribution is 6.22. The molecular formula is C44H28O. The van der Waals surface area contributed by atoms with Crippen molar-refractivity contribution in [3.05, 3.63) is 170 Å². The van der Waals surface area contributed by atoms with E-state index in [1.807, 2.05) is 66.7 Å². The molecule has 0 fully saturated rings. The van der Waals surface area contributed by atoms with Crippen molar-refractivity contribution in [3.63, 3.8) is 0 Å². The maximum absolute atomic E-state index is 8.61. The summed E-state index contributed by atoms with van der Waals surface area (Å²) in [4.78, 5) is 0. The molecule has 1 nitrogen and oxygen atoms in total. The highest BCUT2D eigenvalue weighted by Gasteiger charge is 2.19. The first-order valence-corrected chi connectivity index (χ1v) is 14.6. The first-order valence-electron chi connectivity index (χ1n) is 19.6. The molecule has 1 aromatic heterocycles. The van der Waals surface area contributed by atoms with Gasteiger partial charge in [0.2, 0.25) is 0 Å². The number of benzene rings is 8. The number of fused-ring (bicyclic) bond motifs is 5. The van der Waals surface area contributed by atoms with Crippen LogP contribution in [0.2, 0.25) is 0 Å². The van der Waals surface area contributed by atoms with E-state index < -0.39 is 24.2 Å². The normalized spacial score (nSPS) is 14.7. The third-order valence-electron chi connectivity index (χ3n) is 8.43. The third kappa shape index (κ3) is 4.17. The minimum absolute atomic E-state index is 0.0825. The van der Waals surface area contributed by atoms with Gasteiger partial charge in [0.05, 0.1) is 13.7 Å². The first kappa shape index (κ1) is 17.4. The highest BCUT2D eigenvalue weighted by Crippen LogP contribution is 2.45. The Morgan fingerprint density at radius 3 is 1.56 bits per heavy atom. The SMILES string of the molecule is [2H]c1c([2H])c([2H])c(-c2cccc(-c3c4ccccc4c(-c4ccc5c(c4)oc4c(-c6c([2H])c([2H])c([2H])c([2H])c6[2H])cccc45)c4ccccc34)c2)c([2H])c1[2H]. The molecule has 0 aliphatic rings. The van der Waals surface area contributed by atoms with E-state index in [0.717, 1.165) is 54.6 Å². The Morgan fingerprint density at radius 1 is 0.378 bits per heavy atom. The van der Waals surface area contributed by atoms with Crippen LogP contribution >= 0.6 is 0 Å². The lowest BCUT2D eigenvalue weighted by atomic mass is 9.85. The van der Waals surface area contributed by atoms with Crippen molar-refractivity contribution in [3.8, 4) is 44.5 Å². The monoisotopic (exact) mass is 582 g/mol. The van der Waals surface area contributed by atoms with Crippen LogP contribution in [0.5, 0.6) is 0 Å². The molecule has 9 aromatic rings. The molecule has 9 rings (SSSR count). The number of hydrogen-bond donors (Lipinski definition) is 0. The van der Waals surface area contributed by atoms with Crippen LogP contribution in [0, 0.1) is 0 Å². The molecule has 0 saturated heterocycles. The Morgan fingerprint density at radius 2 is 0.911 bits per heavy atom. The average molecular weight is 583 g/mol. The van der Waals surface area contributed by atoms with Gasteiger partial charge in [-0.2, -0.15) is 0 Å². The summed E-state index contributed by atoms with van der Waals surface area (Å²) in [5.74, 6) is 0. The molecule has 0 aliphatic carbocycles. The van der Waals surface area contributed by atoms with Gasteiger partial charge in [-0.1, -0.05) is 151 Å². The molecule has 0 spiro atoms. The van der Waals surface area contributed by atoms with E-state index in [2.05, 4.69) is 24.3 Å². The largest absolute Gasteiger partial charge is 0.455 e. The Labute approximate surface area is 275 Å². The molecule has 0 bridgehead atoms. The molecule has 8 aromatic carbocycles. The third-order valence-corrected chi connectivity index (χ3v) is 8.43. The summed E-state index contributed by atoms with van der Waals surface area (Å²) in [5, 5.41) is 5.45. The summed E-state index contributed by atoms with van der Waals surface area (Å²) < 4.78 is 90.1. The van der Waals surface area contributed by atoms with Crippen molar-refractivity contribution in [2.24, 2.45) is 0 Å². The maximum Gasteiger partial charge on any atom is 0.143 e. The summed E-state index contributed by atoms with van der Waals surface area (Å²) in [6.07, 6.45) is 0. The smallest absolute Gasteiger partial charge is 0.143 e. The Bertz CT molecular complexity index is 3000. The van der Waals surface area contributed by atoms with Gasteiger partial charge >= 0.3 is 0 Å².